The molecule has 0 aromatic heterocycles. The quantitative estimate of drug-likeness (QED) is 0.640. The number of carbonyl (C=O) groups excluding carboxylic acids is 2. The minimum atomic E-state index is -0.197. The smallest absolute Gasteiger partial charge is 0.306 e. The second kappa shape index (κ2) is 6.14. The third kappa shape index (κ3) is 2.80. The van der Waals surface area contributed by atoms with Crippen LogP contribution >= 0.6 is 0 Å². The van der Waals surface area contributed by atoms with Crippen LogP contribution in [0.25, 0.3) is 0 Å². The molecule has 0 amide bonds. The van der Waals surface area contributed by atoms with Crippen molar-refractivity contribution in [3.8, 4) is 0 Å². The average Bonchev–Trinajstić information content (AvgIpc) is 2.97. The SMILES string of the molecule is COC(=O)CC1CCc2ccc(C(=O)c3ccccc3)cc21. The zero-order valence-electron chi connectivity index (χ0n) is 12.5. The number of ketones is 1. The van der Waals surface area contributed by atoms with Gasteiger partial charge in [-0.2, -0.15) is 0 Å². The third-order valence-electron chi connectivity index (χ3n) is 4.29. The summed E-state index contributed by atoms with van der Waals surface area (Å²) in [5, 5.41) is 0. The number of esters is 1. The van der Waals surface area contributed by atoms with Gasteiger partial charge in [-0.1, -0.05) is 42.5 Å². The third-order valence-corrected chi connectivity index (χ3v) is 4.29. The second-order valence-corrected chi connectivity index (χ2v) is 5.62. The predicted molar refractivity (Wildman–Crippen MR) is 84.0 cm³/mol. The first-order chi connectivity index (χ1) is 10.7. The molecule has 0 N–H and O–H groups in total. The molecular formula is C19H18O3. The van der Waals surface area contributed by atoms with Crippen molar-refractivity contribution in [3.63, 3.8) is 0 Å². The standard InChI is InChI=1S/C19H18O3/c1-22-18(20)12-15-9-7-13-8-10-16(11-17(13)15)19(21)14-5-3-2-4-6-14/h2-6,8,10-11,15H,7,9,12H2,1H3. The molecule has 1 unspecified atom stereocenters. The van der Waals surface area contributed by atoms with Crippen LogP contribution in [0.2, 0.25) is 0 Å². The second-order valence-electron chi connectivity index (χ2n) is 5.62. The summed E-state index contributed by atoms with van der Waals surface area (Å²) in [6.45, 7) is 0. The summed E-state index contributed by atoms with van der Waals surface area (Å²) in [7, 11) is 1.41. The van der Waals surface area contributed by atoms with E-state index in [1.807, 2.05) is 48.5 Å². The molecule has 0 saturated heterocycles. The lowest BCUT2D eigenvalue weighted by molar-refractivity contribution is -0.141. The highest BCUT2D eigenvalue weighted by molar-refractivity contribution is 6.09. The number of aryl methyl sites for hydroxylation is 1. The molecule has 0 heterocycles. The molecule has 112 valence electrons. The van der Waals surface area contributed by atoms with Gasteiger partial charge in [-0.15, -0.1) is 0 Å². The van der Waals surface area contributed by atoms with E-state index < -0.39 is 0 Å². The monoisotopic (exact) mass is 294 g/mol. The molecule has 1 aliphatic carbocycles. The fourth-order valence-electron chi connectivity index (χ4n) is 3.08. The van der Waals surface area contributed by atoms with E-state index in [1.165, 1.54) is 12.7 Å². The summed E-state index contributed by atoms with van der Waals surface area (Å²) in [6, 6.07) is 15.1. The summed E-state index contributed by atoms with van der Waals surface area (Å²) in [5.74, 6) is -0.0178. The first-order valence-electron chi connectivity index (χ1n) is 7.48. The molecule has 0 bridgehead atoms. The van der Waals surface area contributed by atoms with Crippen LogP contribution < -0.4 is 0 Å². The molecular weight excluding hydrogens is 276 g/mol. The number of fused-ring (bicyclic) bond motifs is 1. The van der Waals surface area contributed by atoms with Crippen molar-refractivity contribution in [2.45, 2.75) is 25.2 Å². The lowest BCUT2D eigenvalue weighted by atomic mass is 9.94. The predicted octanol–water partition coefficient (Wildman–Crippen LogP) is 3.51. The van der Waals surface area contributed by atoms with Gasteiger partial charge in [0.05, 0.1) is 13.5 Å². The Balaban J connectivity index is 1.89. The zero-order chi connectivity index (χ0) is 15.5. The molecule has 3 rings (SSSR count). The number of carbonyl (C=O) groups is 2. The molecule has 1 aliphatic rings. The van der Waals surface area contributed by atoms with Crippen LogP contribution in [0.5, 0.6) is 0 Å². The lowest BCUT2D eigenvalue weighted by Gasteiger charge is -2.11. The Hall–Kier alpha value is -2.42. The van der Waals surface area contributed by atoms with Gasteiger partial charge < -0.3 is 4.74 Å². The van der Waals surface area contributed by atoms with Gasteiger partial charge in [0.1, 0.15) is 0 Å². The number of rotatable bonds is 4. The van der Waals surface area contributed by atoms with Gasteiger partial charge in [0.2, 0.25) is 0 Å². The molecule has 0 aliphatic heterocycles. The summed E-state index contributed by atoms with van der Waals surface area (Å²) in [6.07, 6.45) is 2.27. The van der Waals surface area contributed by atoms with Crippen LogP contribution in [0.3, 0.4) is 0 Å². The van der Waals surface area contributed by atoms with Gasteiger partial charge >= 0.3 is 5.97 Å². The Morgan fingerprint density at radius 1 is 1.09 bits per heavy atom. The molecule has 3 nitrogen and oxygen atoms in total. The molecule has 3 heteroatoms. The first kappa shape index (κ1) is 14.5. The normalized spacial score (nSPS) is 16.1. The van der Waals surface area contributed by atoms with Crippen LogP contribution in [-0.4, -0.2) is 18.9 Å². The lowest BCUT2D eigenvalue weighted by Crippen LogP contribution is -2.07. The Bertz CT molecular complexity index is 704. The molecule has 1 atom stereocenters. The van der Waals surface area contributed by atoms with Gasteiger partial charge in [-0.05, 0) is 36.0 Å². The van der Waals surface area contributed by atoms with Crippen LogP contribution in [-0.2, 0) is 16.0 Å². The van der Waals surface area contributed by atoms with Crippen LogP contribution in [0.4, 0.5) is 0 Å². The van der Waals surface area contributed by atoms with Crippen molar-refractivity contribution < 1.29 is 14.3 Å². The van der Waals surface area contributed by atoms with E-state index in [2.05, 4.69) is 0 Å². The summed E-state index contributed by atoms with van der Waals surface area (Å²) >= 11 is 0. The van der Waals surface area contributed by atoms with E-state index in [-0.39, 0.29) is 17.7 Å². The summed E-state index contributed by atoms with van der Waals surface area (Å²) in [5.41, 5.74) is 3.72. The molecule has 0 spiro atoms. The fraction of sp³-hybridized carbons (Fsp3) is 0.263. The molecule has 0 radical (unpaired) electrons. The Morgan fingerprint density at radius 3 is 2.59 bits per heavy atom. The average molecular weight is 294 g/mol. The van der Waals surface area contributed by atoms with E-state index in [1.54, 1.807) is 0 Å². The highest BCUT2D eigenvalue weighted by Crippen LogP contribution is 2.36. The molecule has 22 heavy (non-hydrogen) atoms. The Kier molecular flexibility index (Phi) is 4.05. The van der Waals surface area contributed by atoms with E-state index in [0.29, 0.717) is 17.5 Å². The largest absolute Gasteiger partial charge is 0.469 e. The van der Waals surface area contributed by atoms with E-state index in [9.17, 15) is 9.59 Å². The van der Waals surface area contributed by atoms with Gasteiger partial charge in [0.25, 0.3) is 0 Å². The highest BCUT2D eigenvalue weighted by Gasteiger charge is 2.26. The van der Waals surface area contributed by atoms with Crippen LogP contribution in [0, 0.1) is 0 Å². The highest BCUT2D eigenvalue weighted by atomic mass is 16.5. The van der Waals surface area contributed by atoms with Crippen molar-refractivity contribution in [2.75, 3.05) is 7.11 Å². The summed E-state index contributed by atoms with van der Waals surface area (Å²) in [4.78, 5) is 24.1. The molecule has 2 aromatic carbocycles. The van der Waals surface area contributed by atoms with Gasteiger partial charge in [-0.3, -0.25) is 9.59 Å². The molecule has 0 fully saturated rings. The maximum Gasteiger partial charge on any atom is 0.306 e. The van der Waals surface area contributed by atoms with Gasteiger partial charge in [-0.25, -0.2) is 0 Å². The number of hydrogen-bond acceptors (Lipinski definition) is 3. The van der Waals surface area contributed by atoms with Gasteiger partial charge in [0.15, 0.2) is 5.78 Å². The fourth-order valence-corrected chi connectivity index (χ4v) is 3.08. The van der Waals surface area contributed by atoms with Crippen molar-refractivity contribution in [1.82, 2.24) is 0 Å². The van der Waals surface area contributed by atoms with Crippen molar-refractivity contribution in [2.24, 2.45) is 0 Å². The van der Waals surface area contributed by atoms with E-state index in [0.717, 1.165) is 18.4 Å². The maximum absolute atomic E-state index is 12.5. The number of ether oxygens (including phenoxy) is 1. The molecule has 0 saturated carbocycles. The number of hydrogen-bond donors (Lipinski definition) is 0. The van der Waals surface area contributed by atoms with Gasteiger partial charge in [0, 0.05) is 11.1 Å². The first-order valence-corrected chi connectivity index (χ1v) is 7.48. The van der Waals surface area contributed by atoms with E-state index in [4.69, 9.17) is 4.74 Å². The summed E-state index contributed by atoms with van der Waals surface area (Å²) < 4.78 is 4.77. The van der Waals surface area contributed by atoms with Crippen molar-refractivity contribution in [3.05, 3.63) is 70.8 Å². The van der Waals surface area contributed by atoms with Crippen molar-refractivity contribution >= 4 is 11.8 Å². The van der Waals surface area contributed by atoms with Crippen LogP contribution in [0.1, 0.15) is 45.8 Å². The van der Waals surface area contributed by atoms with Crippen molar-refractivity contribution in [1.29, 1.82) is 0 Å². The number of methoxy groups -OCH3 is 1. The number of benzene rings is 2. The molecule has 2 aromatic rings. The van der Waals surface area contributed by atoms with E-state index >= 15 is 0 Å². The maximum atomic E-state index is 12.5. The topological polar surface area (TPSA) is 43.4 Å². The zero-order valence-corrected chi connectivity index (χ0v) is 12.5. The Labute approximate surface area is 129 Å². The van der Waals surface area contributed by atoms with Crippen LogP contribution in [0.15, 0.2) is 48.5 Å². The minimum absolute atomic E-state index is 0.0205. The minimum Gasteiger partial charge on any atom is -0.469 e. The Morgan fingerprint density at radius 2 is 1.86 bits per heavy atom.